The molecular formula is C24H24Cl2N6O2. The van der Waals surface area contributed by atoms with Crippen molar-refractivity contribution in [3.8, 4) is 0 Å². The second-order valence-corrected chi connectivity index (χ2v) is 9.74. The standard InChI is InChI=1S/C24H24Cl2N6O2/c1-13-9-20-17(12-30(13)23(33)16-5-6-18(25)19(26)10-16)21-24(34)31(11-14(2)32(21)29-20)15(3)22-27-7-4-8-28-22/h4-8,10,13-15H,9,11-12H2,1-3H3/t13-,14-,15?/m1/s1. The van der Waals surface area contributed by atoms with E-state index in [1.54, 1.807) is 46.5 Å². The Morgan fingerprint density at radius 2 is 1.85 bits per heavy atom. The van der Waals surface area contributed by atoms with E-state index in [1.165, 1.54) is 0 Å². The molecule has 2 aliphatic heterocycles. The molecule has 0 aliphatic carbocycles. The Kier molecular flexibility index (Phi) is 5.81. The van der Waals surface area contributed by atoms with Crippen molar-refractivity contribution in [2.24, 2.45) is 0 Å². The van der Waals surface area contributed by atoms with Crippen molar-refractivity contribution in [2.75, 3.05) is 6.54 Å². The van der Waals surface area contributed by atoms with E-state index >= 15 is 0 Å². The van der Waals surface area contributed by atoms with Crippen LogP contribution in [0.4, 0.5) is 0 Å². The lowest BCUT2D eigenvalue weighted by Crippen LogP contribution is -2.46. The fourth-order valence-corrected chi connectivity index (χ4v) is 5.05. The van der Waals surface area contributed by atoms with Gasteiger partial charge in [-0.15, -0.1) is 0 Å². The summed E-state index contributed by atoms with van der Waals surface area (Å²) in [6, 6.07) is 6.24. The highest BCUT2D eigenvalue weighted by Crippen LogP contribution is 2.35. The molecule has 0 bridgehead atoms. The van der Waals surface area contributed by atoms with E-state index in [-0.39, 0.29) is 29.9 Å². The van der Waals surface area contributed by atoms with Gasteiger partial charge in [-0.05, 0) is 45.0 Å². The third-order valence-corrected chi connectivity index (χ3v) is 7.38. The van der Waals surface area contributed by atoms with Crippen LogP contribution in [0.15, 0.2) is 36.7 Å². The van der Waals surface area contributed by atoms with E-state index in [1.807, 2.05) is 25.5 Å². The van der Waals surface area contributed by atoms with Gasteiger partial charge in [-0.2, -0.15) is 5.10 Å². The monoisotopic (exact) mass is 498 g/mol. The van der Waals surface area contributed by atoms with Crippen molar-refractivity contribution >= 4 is 35.0 Å². The van der Waals surface area contributed by atoms with Crippen molar-refractivity contribution in [3.63, 3.8) is 0 Å². The number of hydrogen-bond donors (Lipinski definition) is 0. The van der Waals surface area contributed by atoms with Gasteiger partial charge < -0.3 is 9.80 Å². The molecule has 0 fully saturated rings. The largest absolute Gasteiger partial charge is 0.331 e. The third-order valence-electron chi connectivity index (χ3n) is 6.64. The molecule has 2 aromatic heterocycles. The van der Waals surface area contributed by atoms with Crippen molar-refractivity contribution in [3.05, 3.63) is 75.0 Å². The molecule has 8 nitrogen and oxygen atoms in total. The molecule has 0 spiro atoms. The summed E-state index contributed by atoms with van der Waals surface area (Å²) in [4.78, 5) is 39.3. The molecule has 1 aromatic carbocycles. The van der Waals surface area contributed by atoms with Gasteiger partial charge in [0.1, 0.15) is 11.5 Å². The zero-order valence-corrected chi connectivity index (χ0v) is 20.6. The highest BCUT2D eigenvalue weighted by atomic mass is 35.5. The van der Waals surface area contributed by atoms with Crippen LogP contribution in [0.3, 0.4) is 0 Å². The molecule has 3 atom stereocenters. The number of amides is 2. The molecule has 0 saturated carbocycles. The van der Waals surface area contributed by atoms with Gasteiger partial charge in [0.15, 0.2) is 0 Å². The van der Waals surface area contributed by atoms with Crippen LogP contribution in [-0.2, 0) is 13.0 Å². The predicted octanol–water partition coefficient (Wildman–Crippen LogP) is 4.34. The highest BCUT2D eigenvalue weighted by Gasteiger charge is 2.41. The quantitative estimate of drug-likeness (QED) is 0.535. The summed E-state index contributed by atoms with van der Waals surface area (Å²) in [6.45, 7) is 6.77. The summed E-state index contributed by atoms with van der Waals surface area (Å²) in [7, 11) is 0. The van der Waals surface area contributed by atoms with Crippen LogP contribution in [0.2, 0.25) is 10.0 Å². The fourth-order valence-electron chi connectivity index (χ4n) is 4.76. The van der Waals surface area contributed by atoms with E-state index < -0.39 is 0 Å². The van der Waals surface area contributed by atoms with Gasteiger partial charge in [0.25, 0.3) is 11.8 Å². The number of nitrogens with zero attached hydrogens (tertiary/aromatic N) is 6. The number of hydrogen-bond acceptors (Lipinski definition) is 5. The Morgan fingerprint density at radius 1 is 1.12 bits per heavy atom. The van der Waals surface area contributed by atoms with Gasteiger partial charge in [0, 0.05) is 42.5 Å². The first-order chi connectivity index (χ1) is 16.3. The van der Waals surface area contributed by atoms with Crippen molar-refractivity contribution in [2.45, 2.75) is 51.9 Å². The van der Waals surface area contributed by atoms with Gasteiger partial charge in [0.2, 0.25) is 0 Å². The Labute approximate surface area is 207 Å². The minimum Gasteiger partial charge on any atom is -0.331 e. The summed E-state index contributed by atoms with van der Waals surface area (Å²) >= 11 is 12.2. The average molecular weight is 499 g/mol. The molecule has 34 heavy (non-hydrogen) atoms. The molecular weight excluding hydrogens is 475 g/mol. The fraction of sp³-hybridized carbons (Fsp3) is 0.375. The van der Waals surface area contributed by atoms with Crippen LogP contribution in [0, 0.1) is 0 Å². The maximum absolute atomic E-state index is 13.7. The first kappa shape index (κ1) is 22.8. The van der Waals surface area contributed by atoms with Crippen LogP contribution in [-0.4, -0.2) is 53.9 Å². The Morgan fingerprint density at radius 3 is 2.56 bits per heavy atom. The highest BCUT2D eigenvalue weighted by molar-refractivity contribution is 6.42. The zero-order valence-electron chi connectivity index (χ0n) is 19.1. The number of aromatic nitrogens is 4. The number of rotatable bonds is 3. The molecule has 5 rings (SSSR count). The normalized spacial score (nSPS) is 20.7. The average Bonchev–Trinajstić information content (AvgIpc) is 3.21. The second kappa shape index (κ2) is 8.67. The van der Waals surface area contributed by atoms with Gasteiger partial charge in [0.05, 0.1) is 34.4 Å². The number of fused-ring (bicyclic) bond motifs is 3. The topological polar surface area (TPSA) is 84.2 Å². The van der Waals surface area contributed by atoms with Gasteiger partial charge in [-0.25, -0.2) is 9.97 Å². The third kappa shape index (κ3) is 3.75. The number of carbonyl (C=O) groups is 2. The molecule has 4 heterocycles. The first-order valence-electron chi connectivity index (χ1n) is 11.2. The van der Waals surface area contributed by atoms with Gasteiger partial charge in [-0.3, -0.25) is 14.3 Å². The van der Waals surface area contributed by atoms with E-state index in [4.69, 9.17) is 28.3 Å². The van der Waals surface area contributed by atoms with Crippen LogP contribution >= 0.6 is 23.2 Å². The SMILES string of the molecule is CC(c1ncccn1)N1C[C@@H](C)n2nc3c(c2C1=O)CN(C(=O)c1ccc(Cl)c(Cl)c1)[C@H](C)C3. The summed E-state index contributed by atoms with van der Waals surface area (Å²) in [5, 5.41) is 5.52. The van der Waals surface area contributed by atoms with E-state index in [0.717, 1.165) is 11.3 Å². The first-order valence-corrected chi connectivity index (χ1v) is 12.0. The lowest BCUT2D eigenvalue weighted by molar-refractivity contribution is 0.0566. The lowest BCUT2D eigenvalue weighted by Gasteiger charge is -2.37. The molecule has 10 heteroatoms. The Bertz CT molecular complexity index is 1280. The van der Waals surface area contributed by atoms with Crippen LogP contribution in [0.5, 0.6) is 0 Å². The van der Waals surface area contributed by atoms with Gasteiger partial charge >= 0.3 is 0 Å². The molecule has 1 unspecified atom stereocenters. The minimum absolute atomic E-state index is 0.0148. The second-order valence-electron chi connectivity index (χ2n) is 8.92. The van der Waals surface area contributed by atoms with Crippen molar-refractivity contribution in [1.82, 2.24) is 29.5 Å². The number of halogens is 2. The maximum atomic E-state index is 13.7. The molecule has 0 radical (unpaired) electrons. The number of carbonyl (C=O) groups excluding carboxylic acids is 2. The Balaban J connectivity index is 1.49. The molecule has 0 N–H and O–H groups in total. The summed E-state index contributed by atoms with van der Waals surface area (Å²) in [5.74, 6) is 0.314. The van der Waals surface area contributed by atoms with Crippen molar-refractivity contribution in [1.29, 1.82) is 0 Å². The summed E-state index contributed by atoms with van der Waals surface area (Å²) < 4.78 is 1.82. The minimum atomic E-state index is -0.285. The predicted molar refractivity (Wildman–Crippen MR) is 128 cm³/mol. The summed E-state index contributed by atoms with van der Waals surface area (Å²) in [5.41, 5.74) is 2.66. The van der Waals surface area contributed by atoms with Crippen LogP contribution in [0.1, 0.15) is 70.8 Å². The maximum Gasteiger partial charge on any atom is 0.273 e. The molecule has 0 saturated heterocycles. The molecule has 176 valence electrons. The summed E-state index contributed by atoms with van der Waals surface area (Å²) in [6.07, 6.45) is 3.92. The molecule has 3 aromatic rings. The smallest absolute Gasteiger partial charge is 0.273 e. The Hall–Kier alpha value is -2.97. The van der Waals surface area contributed by atoms with Gasteiger partial charge in [-0.1, -0.05) is 23.2 Å². The molecule has 2 aliphatic rings. The van der Waals surface area contributed by atoms with Crippen LogP contribution in [0.25, 0.3) is 0 Å². The lowest BCUT2D eigenvalue weighted by atomic mass is 9.97. The van der Waals surface area contributed by atoms with Crippen molar-refractivity contribution < 1.29 is 9.59 Å². The zero-order chi connectivity index (χ0) is 24.1. The van der Waals surface area contributed by atoms with E-state index in [9.17, 15) is 9.59 Å². The molecule has 2 amide bonds. The van der Waals surface area contributed by atoms with E-state index in [2.05, 4.69) is 9.97 Å². The van der Waals surface area contributed by atoms with Crippen LogP contribution < -0.4 is 0 Å². The number of benzene rings is 1. The van der Waals surface area contributed by atoms with E-state index in [0.29, 0.717) is 46.6 Å².